The molecule has 1 N–H and O–H groups in total. The first-order chi connectivity index (χ1) is 9.13. The normalized spacial score (nSPS) is 14.9. The number of ether oxygens (including phenoxy) is 2. The Balaban J connectivity index is 2.18. The van der Waals surface area contributed by atoms with Crippen molar-refractivity contribution in [2.45, 2.75) is 0 Å². The summed E-state index contributed by atoms with van der Waals surface area (Å²) in [7, 11) is 3.08. The van der Waals surface area contributed by atoms with Crippen LogP contribution in [-0.4, -0.2) is 43.9 Å². The predicted octanol–water partition coefficient (Wildman–Crippen LogP) is 0.589. The second-order valence-corrected chi connectivity index (χ2v) is 3.76. The Bertz CT molecular complexity index is 542. The quantitative estimate of drug-likeness (QED) is 0.637. The van der Waals surface area contributed by atoms with Crippen LogP contribution in [0.25, 0.3) is 0 Å². The Labute approximate surface area is 109 Å². The molecule has 7 heteroatoms. The second kappa shape index (κ2) is 5.38. The number of amides is 3. The van der Waals surface area contributed by atoms with E-state index in [4.69, 9.17) is 9.47 Å². The number of hydrazone groups is 1. The summed E-state index contributed by atoms with van der Waals surface area (Å²) in [6.45, 7) is -0.0756. The first-order valence-corrected chi connectivity index (χ1v) is 5.51. The van der Waals surface area contributed by atoms with Crippen LogP contribution in [0.5, 0.6) is 11.5 Å². The van der Waals surface area contributed by atoms with Gasteiger partial charge in [-0.1, -0.05) is 0 Å². The summed E-state index contributed by atoms with van der Waals surface area (Å²) in [5.41, 5.74) is 0.676. The number of carbonyl (C=O) groups is 2. The first kappa shape index (κ1) is 12.9. The highest BCUT2D eigenvalue weighted by molar-refractivity contribution is 6.02. The van der Waals surface area contributed by atoms with Gasteiger partial charge in [-0.05, 0) is 12.1 Å². The summed E-state index contributed by atoms with van der Waals surface area (Å²) in [4.78, 5) is 22.3. The van der Waals surface area contributed by atoms with Crippen LogP contribution in [0, 0.1) is 0 Å². The number of imide groups is 1. The number of nitrogens with one attached hydrogen (secondary N) is 1. The third-order valence-corrected chi connectivity index (χ3v) is 2.55. The van der Waals surface area contributed by atoms with Gasteiger partial charge in [-0.25, -0.2) is 9.80 Å². The Kier molecular flexibility index (Phi) is 3.65. The summed E-state index contributed by atoms with van der Waals surface area (Å²) in [5, 5.41) is 7.12. The van der Waals surface area contributed by atoms with Crippen LogP contribution in [0.3, 0.4) is 0 Å². The van der Waals surface area contributed by atoms with Gasteiger partial charge in [0.2, 0.25) is 5.91 Å². The van der Waals surface area contributed by atoms with Crippen molar-refractivity contribution < 1.29 is 19.1 Å². The fourth-order valence-electron chi connectivity index (χ4n) is 1.58. The van der Waals surface area contributed by atoms with E-state index in [2.05, 4.69) is 10.4 Å². The Morgan fingerprint density at radius 1 is 1.32 bits per heavy atom. The fraction of sp³-hybridized carbons (Fsp3) is 0.250. The lowest BCUT2D eigenvalue weighted by Gasteiger charge is -2.08. The molecule has 0 radical (unpaired) electrons. The highest BCUT2D eigenvalue weighted by Gasteiger charge is 2.25. The molecule has 1 heterocycles. The molecule has 100 valence electrons. The van der Waals surface area contributed by atoms with Gasteiger partial charge in [0.25, 0.3) is 0 Å². The lowest BCUT2D eigenvalue weighted by molar-refractivity contribution is -0.118. The van der Waals surface area contributed by atoms with Crippen molar-refractivity contribution in [2.24, 2.45) is 5.10 Å². The van der Waals surface area contributed by atoms with Gasteiger partial charge in [0.1, 0.15) is 18.0 Å². The number of urea groups is 1. The third kappa shape index (κ3) is 2.82. The van der Waals surface area contributed by atoms with Crippen LogP contribution in [0.15, 0.2) is 23.3 Å². The minimum atomic E-state index is -0.534. The van der Waals surface area contributed by atoms with Gasteiger partial charge in [-0.15, -0.1) is 0 Å². The molecule has 3 amide bonds. The van der Waals surface area contributed by atoms with Gasteiger partial charge in [-0.3, -0.25) is 10.1 Å². The van der Waals surface area contributed by atoms with Gasteiger partial charge in [0.05, 0.1) is 20.4 Å². The Hall–Kier alpha value is -2.57. The van der Waals surface area contributed by atoms with Crippen molar-refractivity contribution >= 4 is 18.2 Å². The number of hydrogen-bond donors (Lipinski definition) is 1. The van der Waals surface area contributed by atoms with Crippen molar-refractivity contribution in [3.05, 3.63) is 23.8 Å². The first-order valence-electron chi connectivity index (χ1n) is 5.51. The monoisotopic (exact) mass is 263 g/mol. The van der Waals surface area contributed by atoms with E-state index in [9.17, 15) is 9.59 Å². The zero-order valence-electron chi connectivity index (χ0n) is 10.5. The van der Waals surface area contributed by atoms with Crippen LogP contribution >= 0.6 is 0 Å². The third-order valence-electron chi connectivity index (χ3n) is 2.55. The molecule has 0 aliphatic carbocycles. The van der Waals surface area contributed by atoms with Crippen molar-refractivity contribution in [3.8, 4) is 11.5 Å². The molecular weight excluding hydrogens is 250 g/mol. The Morgan fingerprint density at radius 2 is 2.11 bits per heavy atom. The van der Waals surface area contributed by atoms with E-state index in [0.717, 1.165) is 5.01 Å². The molecule has 0 spiro atoms. The minimum absolute atomic E-state index is 0.0756. The highest BCUT2D eigenvalue weighted by Crippen LogP contribution is 2.23. The van der Waals surface area contributed by atoms with E-state index < -0.39 is 6.03 Å². The predicted molar refractivity (Wildman–Crippen MR) is 67.4 cm³/mol. The summed E-state index contributed by atoms with van der Waals surface area (Å²) in [5.74, 6) is 0.848. The lowest BCUT2D eigenvalue weighted by Crippen LogP contribution is -2.24. The standard InChI is InChI=1S/C12H13N3O4/c1-18-9-4-3-8(10(5-9)19-2)6-13-15-7-11(16)14-12(15)17/h3-6H,7H2,1-2H3,(H,14,16,17)/b13-6-. The molecule has 0 saturated carbocycles. The largest absolute Gasteiger partial charge is 0.497 e. The van der Waals surface area contributed by atoms with Gasteiger partial charge in [-0.2, -0.15) is 5.10 Å². The highest BCUT2D eigenvalue weighted by atomic mass is 16.5. The molecule has 19 heavy (non-hydrogen) atoms. The van der Waals surface area contributed by atoms with E-state index in [-0.39, 0.29) is 12.5 Å². The zero-order valence-corrected chi connectivity index (χ0v) is 10.5. The van der Waals surface area contributed by atoms with E-state index in [0.29, 0.717) is 17.1 Å². The molecule has 0 atom stereocenters. The number of hydrogen-bond acceptors (Lipinski definition) is 5. The number of rotatable bonds is 4. The fourth-order valence-corrected chi connectivity index (χ4v) is 1.58. The SMILES string of the molecule is COc1ccc(/C=N\N2CC(=O)NC2=O)c(OC)c1. The van der Waals surface area contributed by atoms with Crippen molar-refractivity contribution in [2.75, 3.05) is 20.8 Å². The van der Waals surface area contributed by atoms with Crippen molar-refractivity contribution in [3.63, 3.8) is 0 Å². The van der Waals surface area contributed by atoms with Crippen LogP contribution in [0.4, 0.5) is 4.79 Å². The van der Waals surface area contributed by atoms with Gasteiger partial charge in [0, 0.05) is 11.6 Å². The van der Waals surface area contributed by atoms with Gasteiger partial charge in [0.15, 0.2) is 0 Å². The maximum atomic E-state index is 11.3. The molecule has 2 rings (SSSR count). The van der Waals surface area contributed by atoms with Gasteiger partial charge < -0.3 is 9.47 Å². The van der Waals surface area contributed by atoms with Crippen LogP contribution in [-0.2, 0) is 4.79 Å². The maximum Gasteiger partial charge on any atom is 0.344 e. The molecule has 0 unspecified atom stereocenters. The molecule has 0 aromatic heterocycles. The average Bonchev–Trinajstić information content (AvgIpc) is 2.74. The molecular formula is C12H13N3O4. The molecule has 7 nitrogen and oxygen atoms in total. The van der Waals surface area contributed by atoms with Crippen molar-refractivity contribution in [1.29, 1.82) is 0 Å². The molecule has 1 aliphatic rings. The summed E-state index contributed by atoms with van der Waals surface area (Å²) >= 11 is 0. The van der Waals surface area contributed by atoms with E-state index in [1.165, 1.54) is 13.3 Å². The summed E-state index contributed by atoms with van der Waals surface area (Å²) in [6, 6.07) is 4.67. The molecule has 1 aromatic carbocycles. The zero-order chi connectivity index (χ0) is 13.8. The molecule has 1 fully saturated rings. The molecule has 1 saturated heterocycles. The van der Waals surface area contributed by atoms with Crippen LogP contribution in [0.2, 0.25) is 0 Å². The minimum Gasteiger partial charge on any atom is -0.497 e. The molecule has 1 aliphatic heterocycles. The number of benzene rings is 1. The van der Waals surface area contributed by atoms with Gasteiger partial charge >= 0.3 is 6.03 Å². The second-order valence-electron chi connectivity index (χ2n) is 3.76. The maximum absolute atomic E-state index is 11.3. The Morgan fingerprint density at radius 3 is 2.68 bits per heavy atom. The average molecular weight is 263 g/mol. The topological polar surface area (TPSA) is 80.2 Å². The van der Waals surface area contributed by atoms with E-state index >= 15 is 0 Å². The smallest absolute Gasteiger partial charge is 0.344 e. The lowest BCUT2D eigenvalue weighted by atomic mass is 10.2. The number of carbonyl (C=O) groups excluding carboxylic acids is 2. The summed E-state index contributed by atoms with van der Waals surface area (Å²) < 4.78 is 10.3. The van der Waals surface area contributed by atoms with Crippen LogP contribution in [0.1, 0.15) is 5.56 Å². The number of methoxy groups -OCH3 is 2. The molecule has 1 aromatic rings. The van der Waals surface area contributed by atoms with E-state index in [1.54, 1.807) is 25.3 Å². The number of nitrogens with zero attached hydrogens (tertiary/aromatic N) is 2. The van der Waals surface area contributed by atoms with Crippen LogP contribution < -0.4 is 14.8 Å². The van der Waals surface area contributed by atoms with Crippen molar-refractivity contribution in [1.82, 2.24) is 10.3 Å². The van der Waals surface area contributed by atoms with E-state index in [1.807, 2.05) is 0 Å². The summed E-state index contributed by atoms with van der Waals surface area (Å²) in [6.07, 6.45) is 1.45. The molecule has 0 bridgehead atoms.